The molecular weight excluding hydrogens is 254 g/mol. The van der Waals surface area contributed by atoms with Crippen LogP contribution in [0, 0.1) is 0 Å². The molecule has 2 rings (SSSR count). The lowest BCUT2D eigenvalue weighted by Crippen LogP contribution is -1.96. The van der Waals surface area contributed by atoms with E-state index in [-0.39, 0.29) is 11.3 Å². The van der Waals surface area contributed by atoms with Crippen molar-refractivity contribution in [2.45, 2.75) is 6.92 Å². The molecule has 4 heteroatoms. The largest absolute Gasteiger partial charge is 0.508 e. The predicted octanol–water partition coefficient (Wildman–Crippen LogP) is 3.56. The molecule has 0 radical (unpaired) electrons. The van der Waals surface area contributed by atoms with Gasteiger partial charge in [-0.1, -0.05) is 12.1 Å². The molecular formula is C16H15NO3. The lowest BCUT2D eigenvalue weighted by Gasteiger charge is -2.05. The molecule has 0 aliphatic carbocycles. The van der Waals surface area contributed by atoms with Crippen LogP contribution >= 0.6 is 0 Å². The summed E-state index contributed by atoms with van der Waals surface area (Å²) >= 11 is 0. The molecule has 3 N–H and O–H groups in total. The highest BCUT2D eigenvalue weighted by Gasteiger charge is 2.01. The highest BCUT2D eigenvalue weighted by atomic mass is 16.4. The first-order valence-electron chi connectivity index (χ1n) is 6.12. The van der Waals surface area contributed by atoms with Gasteiger partial charge in [0, 0.05) is 11.9 Å². The Morgan fingerprint density at radius 1 is 1.00 bits per heavy atom. The molecule has 0 aliphatic heterocycles. The number of aromatic carboxylic acids is 1. The monoisotopic (exact) mass is 269 g/mol. The minimum Gasteiger partial charge on any atom is -0.508 e. The first-order valence-corrected chi connectivity index (χ1v) is 6.12. The molecule has 102 valence electrons. The first kappa shape index (κ1) is 13.7. The van der Waals surface area contributed by atoms with Crippen LogP contribution in [-0.4, -0.2) is 16.2 Å². The second-order valence-corrected chi connectivity index (χ2v) is 4.40. The van der Waals surface area contributed by atoms with Crippen molar-refractivity contribution in [1.82, 2.24) is 0 Å². The zero-order chi connectivity index (χ0) is 14.5. The van der Waals surface area contributed by atoms with Crippen LogP contribution in [0.3, 0.4) is 0 Å². The van der Waals surface area contributed by atoms with Crippen LogP contribution in [0.15, 0.2) is 54.7 Å². The van der Waals surface area contributed by atoms with Gasteiger partial charge >= 0.3 is 5.97 Å². The second-order valence-electron chi connectivity index (χ2n) is 4.40. The summed E-state index contributed by atoms with van der Waals surface area (Å²) in [5.74, 6) is -0.703. The number of hydrogen-bond donors (Lipinski definition) is 3. The molecule has 2 aromatic carbocycles. The minimum atomic E-state index is -0.938. The minimum absolute atomic E-state index is 0.235. The summed E-state index contributed by atoms with van der Waals surface area (Å²) in [5, 5.41) is 21.2. The van der Waals surface area contributed by atoms with E-state index in [1.807, 2.05) is 25.3 Å². The molecule has 0 bridgehead atoms. The van der Waals surface area contributed by atoms with Gasteiger partial charge in [0.1, 0.15) is 5.75 Å². The lowest BCUT2D eigenvalue weighted by atomic mass is 10.1. The maximum Gasteiger partial charge on any atom is 0.335 e. The number of phenols is 1. The average Bonchev–Trinajstić information content (AvgIpc) is 2.46. The fraction of sp³-hybridized carbons (Fsp3) is 0.0625. The van der Waals surface area contributed by atoms with E-state index in [9.17, 15) is 9.90 Å². The van der Waals surface area contributed by atoms with E-state index in [1.165, 1.54) is 0 Å². The van der Waals surface area contributed by atoms with Gasteiger partial charge in [-0.25, -0.2) is 4.79 Å². The van der Waals surface area contributed by atoms with Crippen molar-refractivity contribution in [1.29, 1.82) is 0 Å². The van der Waals surface area contributed by atoms with Crippen LogP contribution in [0.5, 0.6) is 5.75 Å². The fourth-order valence-electron chi connectivity index (χ4n) is 1.71. The van der Waals surface area contributed by atoms with Crippen molar-refractivity contribution in [3.63, 3.8) is 0 Å². The highest BCUT2D eigenvalue weighted by Crippen LogP contribution is 2.18. The zero-order valence-electron chi connectivity index (χ0n) is 11.0. The number of rotatable bonds is 4. The van der Waals surface area contributed by atoms with Gasteiger partial charge < -0.3 is 15.5 Å². The molecule has 0 spiro atoms. The third kappa shape index (κ3) is 3.38. The molecule has 0 aromatic heterocycles. The number of benzene rings is 2. The Labute approximate surface area is 117 Å². The number of carboxylic acids is 1. The highest BCUT2D eigenvalue weighted by molar-refractivity contribution is 5.88. The number of anilines is 1. The lowest BCUT2D eigenvalue weighted by molar-refractivity contribution is 0.0697. The summed E-state index contributed by atoms with van der Waals surface area (Å²) in [5.41, 5.74) is 3.08. The standard InChI is InChI=1S/C16H15NO3/c1-11(12-4-8-15(18)9-5-12)10-17-14-6-2-13(3-7-14)16(19)20/h2-10,17-18H,1H3,(H,19,20)/b11-10+. The van der Waals surface area contributed by atoms with E-state index in [1.54, 1.807) is 36.4 Å². The topological polar surface area (TPSA) is 69.6 Å². The third-order valence-corrected chi connectivity index (χ3v) is 2.91. The van der Waals surface area contributed by atoms with Crippen molar-refractivity contribution < 1.29 is 15.0 Å². The molecule has 0 atom stereocenters. The SMILES string of the molecule is C/C(=C\Nc1ccc(C(=O)O)cc1)c1ccc(O)cc1. The van der Waals surface area contributed by atoms with E-state index in [0.29, 0.717) is 0 Å². The maximum absolute atomic E-state index is 10.7. The van der Waals surface area contributed by atoms with Gasteiger partial charge in [0.05, 0.1) is 5.56 Å². The summed E-state index contributed by atoms with van der Waals surface area (Å²) in [6, 6.07) is 13.5. The Bertz CT molecular complexity index is 628. The van der Waals surface area contributed by atoms with Gasteiger partial charge in [0.2, 0.25) is 0 Å². The van der Waals surface area contributed by atoms with Gasteiger partial charge in [-0.05, 0) is 54.5 Å². The van der Waals surface area contributed by atoms with Crippen molar-refractivity contribution in [2.24, 2.45) is 0 Å². The van der Waals surface area contributed by atoms with E-state index in [4.69, 9.17) is 5.11 Å². The number of aromatic hydroxyl groups is 1. The van der Waals surface area contributed by atoms with E-state index in [0.717, 1.165) is 16.8 Å². The first-order chi connectivity index (χ1) is 9.56. The molecule has 0 saturated heterocycles. The molecule has 2 aromatic rings. The molecule has 0 heterocycles. The normalized spacial score (nSPS) is 11.2. The Kier molecular flexibility index (Phi) is 4.05. The van der Waals surface area contributed by atoms with Crippen molar-refractivity contribution in [3.05, 3.63) is 65.9 Å². The average molecular weight is 269 g/mol. The van der Waals surface area contributed by atoms with Crippen LogP contribution in [0.4, 0.5) is 5.69 Å². The van der Waals surface area contributed by atoms with Gasteiger partial charge in [0.25, 0.3) is 0 Å². The van der Waals surface area contributed by atoms with Crippen molar-refractivity contribution in [3.8, 4) is 5.75 Å². The smallest absolute Gasteiger partial charge is 0.335 e. The number of carboxylic acid groups (broad SMARTS) is 1. The Morgan fingerprint density at radius 3 is 2.10 bits per heavy atom. The fourth-order valence-corrected chi connectivity index (χ4v) is 1.71. The summed E-state index contributed by atoms with van der Waals surface area (Å²) < 4.78 is 0. The van der Waals surface area contributed by atoms with Crippen LogP contribution in [0.1, 0.15) is 22.8 Å². The van der Waals surface area contributed by atoms with Gasteiger partial charge in [-0.3, -0.25) is 0 Å². The van der Waals surface area contributed by atoms with Gasteiger partial charge in [-0.15, -0.1) is 0 Å². The van der Waals surface area contributed by atoms with Crippen LogP contribution in [-0.2, 0) is 0 Å². The molecule has 0 saturated carbocycles. The van der Waals surface area contributed by atoms with Crippen LogP contribution in [0.25, 0.3) is 5.57 Å². The number of allylic oxidation sites excluding steroid dienone is 1. The molecule has 4 nitrogen and oxygen atoms in total. The molecule has 0 aliphatic rings. The molecule has 0 fully saturated rings. The molecule has 20 heavy (non-hydrogen) atoms. The van der Waals surface area contributed by atoms with E-state index < -0.39 is 5.97 Å². The predicted molar refractivity (Wildman–Crippen MR) is 78.8 cm³/mol. The Morgan fingerprint density at radius 2 is 1.55 bits per heavy atom. The Balaban J connectivity index is 2.08. The Hall–Kier alpha value is -2.75. The van der Waals surface area contributed by atoms with E-state index in [2.05, 4.69) is 5.32 Å². The number of phenolic OH excluding ortho intramolecular Hbond substituents is 1. The van der Waals surface area contributed by atoms with E-state index >= 15 is 0 Å². The quantitative estimate of drug-likeness (QED) is 0.793. The van der Waals surface area contributed by atoms with Gasteiger partial charge in [-0.2, -0.15) is 0 Å². The summed E-state index contributed by atoms with van der Waals surface area (Å²) in [6.45, 7) is 1.95. The number of nitrogens with one attached hydrogen (secondary N) is 1. The second kappa shape index (κ2) is 5.93. The van der Waals surface area contributed by atoms with Gasteiger partial charge in [0.15, 0.2) is 0 Å². The van der Waals surface area contributed by atoms with Crippen molar-refractivity contribution in [2.75, 3.05) is 5.32 Å². The third-order valence-electron chi connectivity index (χ3n) is 2.91. The summed E-state index contributed by atoms with van der Waals surface area (Å²) in [4.78, 5) is 10.7. The summed E-state index contributed by atoms with van der Waals surface area (Å²) in [7, 11) is 0. The number of carbonyl (C=O) groups is 1. The number of hydrogen-bond acceptors (Lipinski definition) is 3. The zero-order valence-corrected chi connectivity index (χ0v) is 11.0. The van der Waals surface area contributed by atoms with Crippen LogP contribution in [0.2, 0.25) is 0 Å². The van der Waals surface area contributed by atoms with Crippen LogP contribution < -0.4 is 5.32 Å². The molecule has 0 unspecified atom stereocenters. The van der Waals surface area contributed by atoms with Crippen molar-refractivity contribution >= 4 is 17.2 Å². The summed E-state index contributed by atoms with van der Waals surface area (Å²) in [6.07, 6.45) is 1.84. The maximum atomic E-state index is 10.7. The molecule has 0 amide bonds.